The fraction of sp³-hybridized carbons (Fsp3) is 0.0870. The standard InChI is InChI=1S/C23H17BrN4O/c24-18-8-4-7-17(13-18)22-19-20(16-5-2-1-3-6-16)26-27-21(19)23(29)28(22)14-15-9-11-25-12-10-15/h1-13,22H,14H2,(H,26,27). The maximum Gasteiger partial charge on any atom is 0.273 e. The summed E-state index contributed by atoms with van der Waals surface area (Å²) in [6.07, 6.45) is 3.50. The van der Waals surface area contributed by atoms with Crippen molar-refractivity contribution in [2.75, 3.05) is 0 Å². The maximum atomic E-state index is 13.3. The quantitative estimate of drug-likeness (QED) is 0.482. The number of carbonyl (C=O) groups is 1. The summed E-state index contributed by atoms with van der Waals surface area (Å²) in [5.74, 6) is -0.0449. The fourth-order valence-corrected chi connectivity index (χ4v) is 4.30. The van der Waals surface area contributed by atoms with Gasteiger partial charge in [0.15, 0.2) is 0 Å². The molecule has 0 fully saturated rings. The Morgan fingerprint density at radius 3 is 2.55 bits per heavy atom. The Balaban J connectivity index is 1.66. The predicted molar refractivity (Wildman–Crippen MR) is 114 cm³/mol. The molecule has 2 aromatic carbocycles. The zero-order valence-electron chi connectivity index (χ0n) is 15.4. The molecule has 1 aliphatic heterocycles. The molecule has 6 heteroatoms. The molecule has 1 atom stereocenters. The molecule has 1 aliphatic rings. The topological polar surface area (TPSA) is 61.9 Å². The molecule has 0 aliphatic carbocycles. The van der Waals surface area contributed by atoms with Crippen molar-refractivity contribution in [2.24, 2.45) is 0 Å². The summed E-state index contributed by atoms with van der Waals surface area (Å²) in [5.41, 5.74) is 5.36. The highest BCUT2D eigenvalue weighted by atomic mass is 79.9. The van der Waals surface area contributed by atoms with E-state index in [4.69, 9.17) is 0 Å². The summed E-state index contributed by atoms with van der Waals surface area (Å²) in [6.45, 7) is 0.495. The van der Waals surface area contributed by atoms with Gasteiger partial charge >= 0.3 is 0 Å². The van der Waals surface area contributed by atoms with Crippen molar-refractivity contribution in [1.29, 1.82) is 0 Å². The number of aromatic amines is 1. The van der Waals surface area contributed by atoms with Crippen LogP contribution in [0.4, 0.5) is 0 Å². The third-order valence-electron chi connectivity index (χ3n) is 5.18. The van der Waals surface area contributed by atoms with Gasteiger partial charge in [0.05, 0.1) is 11.7 Å². The molecule has 0 saturated heterocycles. The molecule has 0 saturated carbocycles. The molecular formula is C23H17BrN4O. The number of hydrogen-bond acceptors (Lipinski definition) is 3. The normalized spacial score (nSPS) is 15.6. The number of carbonyl (C=O) groups excluding carboxylic acids is 1. The van der Waals surface area contributed by atoms with Gasteiger partial charge in [0.2, 0.25) is 0 Å². The molecule has 0 spiro atoms. The van der Waals surface area contributed by atoms with Gasteiger partial charge in [-0.05, 0) is 35.4 Å². The summed E-state index contributed by atoms with van der Waals surface area (Å²) < 4.78 is 0.976. The zero-order chi connectivity index (χ0) is 19.8. The Morgan fingerprint density at radius 2 is 1.79 bits per heavy atom. The highest BCUT2D eigenvalue weighted by Crippen LogP contribution is 2.43. The third-order valence-corrected chi connectivity index (χ3v) is 5.67. The van der Waals surface area contributed by atoms with Crippen LogP contribution in [0.2, 0.25) is 0 Å². The van der Waals surface area contributed by atoms with E-state index in [1.807, 2.05) is 59.5 Å². The summed E-state index contributed by atoms with van der Waals surface area (Å²) >= 11 is 3.57. The van der Waals surface area contributed by atoms with Crippen molar-refractivity contribution >= 4 is 21.8 Å². The maximum absolute atomic E-state index is 13.3. The number of benzene rings is 2. The largest absolute Gasteiger partial charge is 0.322 e. The van der Waals surface area contributed by atoms with Gasteiger partial charge in [-0.1, -0.05) is 58.4 Å². The van der Waals surface area contributed by atoms with Crippen LogP contribution in [0.1, 0.15) is 33.2 Å². The predicted octanol–water partition coefficient (Wildman–Crippen LogP) is 4.98. The first-order chi connectivity index (χ1) is 14.2. The number of nitrogens with zero attached hydrogens (tertiary/aromatic N) is 3. The Bertz CT molecular complexity index is 1170. The summed E-state index contributed by atoms with van der Waals surface area (Å²) in [4.78, 5) is 19.3. The number of aromatic nitrogens is 3. The van der Waals surface area contributed by atoms with Crippen molar-refractivity contribution < 1.29 is 4.79 Å². The fourth-order valence-electron chi connectivity index (χ4n) is 3.88. The van der Waals surface area contributed by atoms with Gasteiger partial charge in [0, 0.05) is 34.5 Å². The third kappa shape index (κ3) is 3.15. The second-order valence-electron chi connectivity index (χ2n) is 6.97. The van der Waals surface area contributed by atoms with Gasteiger partial charge in [-0.15, -0.1) is 0 Å². The molecule has 1 amide bonds. The number of amides is 1. The summed E-state index contributed by atoms with van der Waals surface area (Å²) in [5, 5.41) is 7.50. The van der Waals surface area contributed by atoms with E-state index in [1.165, 1.54) is 0 Å². The molecule has 0 bridgehead atoms. The van der Waals surface area contributed by atoms with Crippen LogP contribution in [-0.2, 0) is 6.54 Å². The number of rotatable bonds is 4. The molecule has 142 valence electrons. The van der Waals surface area contributed by atoms with Gasteiger partial charge in [-0.2, -0.15) is 5.10 Å². The molecule has 29 heavy (non-hydrogen) atoms. The zero-order valence-corrected chi connectivity index (χ0v) is 17.0. The first-order valence-corrected chi connectivity index (χ1v) is 10.1. The molecule has 3 heterocycles. The van der Waals surface area contributed by atoms with Crippen molar-refractivity contribution in [3.63, 3.8) is 0 Å². The molecular weight excluding hydrogens is 428 g/mol. The van der Waals surface area contributed by atoms with Crippen molar-refractivity contribution in [2.45, 2.75) is 12.6 Å². The van der Waals surface area contributed by atoms with Gasteiger partial charge in [0.25, 0.3) is 5.91 Å². The molecule has 2 aromatic heterocycles. The van der Waals surface area contributed by atoms with E-state index in [1.54, 1.807) is 12.4 Å². The minimum absolute atomic E-state index is 0.0449. The number of nitrogens with one attached hydrogen (secondary N) is 1. The Kier molecular flexibility index (Phi) is 4.48. The lowest BCUT2D eigenvalue weighted by atomic mass is 9.96. The Morgan fingerprint density at radius 1 is 1.00 bits per heavy atom. The van der Waals surface area contributed by atoms with Crippen LogP contribution in [0.5, 0.6) is 0 Å². The summed E-state index contributed by atoms with van der Waals surface area (Å²) in [7, 11) is 0. The van der Waals surface area contributed by atoms with E-state index >= 15 is 0 Å². The average Bonchev–Trinajstić information content (AvgIpc) is 3.29. The van der Waals surface area contributed by atoms with Crippen LogP contribution >= 0.6 is 15.9 Å². The minimum Gasteiger partial charge on any atom is -0.322 e. The van der Waals surface area contributed by atoms with E-state index < -0.39 is 0 Å². The molecule has 1 N–H and O–H groups in total. The van der Waals surface area contributed by atoms with Crippen molar-refractivity contribution in [3.05, 3.63) is 106 Å². The highest BCUT2D eigenvalue weighted by molar-refractivity contribution is 9.10. The lowest BCUT2D eigenvalue weighted by Crippen LogP contribution is -2.29. The van der Waals surface area contributed by atoms with Gasteiger partial charge in [0.1, 0.15) is 5.69 Å². The smallest absolute Gasteiger partial charge is 0.273 e. The lowest BCUT2D eigenvalue weighted by molar-refractivity contribution is 0.0730. The average molecular weight is 445 g/mol. The number of halogens is 1. The number of pyridine rings is 1. The molecule has 4 aromatic rings. The van der Waals surface area contributed by atoms with Gasteiger partial charge in [-0.25, -0.2) is 0 Å². The Hall–Kier alpha value is -3.25. The first-order valence-electron chi connectivity index (χ1n) is 9.31. The Labute approximate surface area is 176 Å². The van der Waals surface area contributed by atoms with E-state index in [0.717, 1.165) is 32.4 Å². The minimum atomic E-state index is -0.225. The lowest BCUT2D eigenvalue weighted by Gasteiger charge is -2.26. The molecule has 0 radical (unpaired) electrons. The van der Waals surface area contributed by atoms with Crippen LogP contribution in [0, 0.1) is 0 Å². The van der Waals surface area contributed by atoms with Crippen LogP contribution < -0.4 is 0 Å². The number of H-pyrrole nitrogens is 1. The van der Waals surface area contributed by atoms with E-state index in [-0.39, 0.29) is 11.9 Å². The van der Waals surface area contributed by atoms with Crippen LogP contribution in [-0.4, -0.2) is 26.0 Å². The molecule has 5 rings (SSSR count). The molecule has 1 unspecified atom stereocenters. The van der Waals surface area contributed by atoms with Crippen molar-refractivity contribution in [3.8, 4) is 11.3 Å². The van der Waals surface area contributed by atoms with Gasteiger partial charge in [-0.3, -0.25) is 14.9 Å². The number of fused-ring (bicyclic) bond motifs is 1. The monoisotopic (exact) mass is 444 g/mol. The van der Waals surface area contributed by atoms with Crippen LogP contribution in [0.25, 0.3) is 11.3 Å². The second kappa shape index (κ2) is 7.29. The first kappa shape index (κ1) is 17.8. The SMILES string of the molecule is O=C1c2[nH]nc(-c3ccccc3)c2C(c2cccc(Br)c2)N1Cc1ccncc1. The second-order valence-corrected chi connectivity index (χ2v) is 7.89. The van der Waals surface area contributed by atoms with E-state index in [0.29, 0.717) is 12.2 Å². The van der Waals surface area contributed by atoms with Gasteiger partial charge < -0.3 is 4.90 Å². The van der Waals surface area contributed by atoms with E-state index in [9.17, 15) is 4.79 Å². The summed E-state index contributed by atoms with van der Waals surface area (Å²) in [6, 6.07) is 21.7. The van der Waals surface area contributed by atoms with Crippen LogP contribution in [0.3, 0.4) is 0 Å². The highest BCUT2D eigenvalue weighted by Gasteiger charge is 2.42. The van der Waals surface area contributed by atoms with Crippen LogP contribution in [0.15, 0.2) is 83.6 Å². The van der Waals surface area contributed by atoms with Crippen molar-refractivity contribution in [1.82, 2.24) is 20.1 Å². The van der Waals surface area contributed by atoms with E-state index in [2.05, 4.69) is 43.2 Å². The number of hydrogen-bond donors (Lipinski definition) is 1. The molecule has 5 nitrogen and oxygen atoms in total.